The molecule has 1 N–H and O–H groups in total. The first kappa shape index (κ1) is 12.4. The van der Waals surface area contributed by atoms with E-state index in [4.69, 9.17) is 4.74 Å². The lowest BCUT2D eigenvalue weighted by Gasteiger charge is -2.29. The van der Waals surface area contributed by atoms with E-state index in [1.54, 1.807) is 6.07 Å². The molecule has 0 aromatic heterocycles. The zero-order chi connectivity index (χ0) is 12.3. The summed E-state index contributed by atoms with van der Waals surface area (Å²) in [6.45, 7) is 0. The second kappa shape index (κ2) is 5.50. The van der Waals surface area contributed by atoms with E-state index in [0.717, 1.165) is 24.8 Å². The number of ether oxygens (including phenoxy) is 1. The van der Waals surface area contributed by atoms with Gasteiger partial charge in [-0.1, -0.05) is 18.6 Å². The molecule has 1 aromatic carbocycles. The Morgan fingerprint density at radius 3 is 2.88 bits per heavy atom. The standard InChI is InChI=1S/C14H20FNO/c1-16-11-6-3-5-10(9-11)12-7-4-8-13(17-2)14(12)15/h4,7-8,10-11,16H,3,5-6,9H2,1-2H3. The Morgan fingerprint density at radius 2 is 2.18 bits per heavy atom. The minimum atomic E-state index is -0.184. The third-order valence-electron chi connectivity index (χ3n) is 3.74. The molecule has 0 spiro atoms. The summed E-state index contributed by atoms with van der Waals surface area (Å²) in [5, 5.41) is 3.30. The fraction of sp³-hybridized carbons (Fsp3) is 0.571. The first-order valence-electron chi connectivity index (χ1n) is 6.26. The molecule has 1 aromatic rings. The zero-order valence-electron chi connectivity index (χ0n) is 10.5. The highest BCUT2D eigenvalue weighted by molar-refractivity contribution is 5.33. The van der Waals surface area contributed by atoms with Crippen LogP contribution in [0, 0.1) is 5.82 Å². The Balaban J connectivity index is 2.21. The first-order valence-corrected chi connectivity index (χ1v) is 6.26. The Labute approximate surface area is 102 Å². The van der Waals surface area contributed by atoms with Crippen molar-refractivity contribution in [3.8, 4) is 5.75 Å². The van der Waals surface area contributed by atoms with Gasteiger partial charge in [-0.3, -0.25) is 0 Å². The van der Waals surface area contributed by atoms with E-state index in [2.05, 4.69) is 5.32 Å². The molecule has 0 amide bonds. The van der Waals surface area contributed by atoms with Crippen LogP contribution in [0.4, 0.5) is 4.39 Å². The lowest BCUT2D eigenvalue weighted by Crippen LogP contribution is -2.30. The maximum atomic E-state index is 14.1. The first-order chi connectivity index (χ1) is 8.26. The molecule has 2 atom stereocenters. The van der Waals surface area contributed by atoms with Crippen LogP contribution in [0.1, 0.15) is 37.2 Å². The van der Waals surface area contributed by atoms with Crippen LogP contribution in [-0.4, -0.2) is 20.2 Å². The molecule has 1 saturated carbocycles. The van der Waals surface area contributed by atoms with Crippen molar-refractivity contribution in [3.05, 3.63) is 29.6 Å². The van der Waals surface area contributed by atoms with E-state index in [1.165, 1.54) is 13.5 Å². The van der Waals surface area contributed by atoms with E-state index < -0.39 is 0 Å². The van der Waals surface area contributed by atoms with Gasteiger partial charge in [0.05, 0.1) is 7.11 Å². The smallest absolute Gasteiger partial charge is 0.168 e. The number of methoxy groups -OCH3 is 1. The fourth-order valence-corrected chi connectivity index (χ4v) is 2.74. The van der Waals surface area contributed by atoms with Gasteiger partial charge in [0.15, 0.2) is 11.6 Å². The van der Waals surface area contributed by atoms with Crippen molar-refractivity contribution in [2.24, 2.45) is 0 Å². The van der Waals surface area contributed by atoms with Crippen LogP contribution >= 0.6 is 0 Å². The summed E-state index contributed by atoms with van der Waals surface area (Å²) in [6, 6.07) is 5.96. The number of nitrogens with one attached hydrogen (secondary N) is 1. The second-order valence-corrected chi connectivity index (χ2v) is 4.71. The van der Waals surface area contributed by atoms with Crippen molar-refractivity contribution in [1.29, 1.82) is 0 Å². The Kier molecular flexibility index (Phi) is 4.00. The van der Waals surface area contributed by atoms with Gasteiger partial charge in [0.2, 0.25) is 0 Å². The normalized spacial score (nSPS) is 24.6. The van der Waals surface area contributed by atoms with Crippen LogP contribution in [0.5, 0.6) is 5.75 Å². The second-order valence-electron chi connectivity index (χ2n) is 4.71. The van der Waals surface area contributed by atoms with Crippen LogP contribution < -0.4 is 10.1 Å². The van der Waals surface area contributed by atoms with Crippen molar-refractivity contribution in [2.75, 3.05) is 14.2 Å². The summed E-state index contributed by atoms with van der Waals surface area (Å²) in [6.07, 6.45) is 4.44. The van der Waals surface area contributed by atoms with E-state index in [1.807, 2.05) is 19.2 Å². The van der Waals surface area contributed by atoms with Crippen molar-refractivity contribution in [2.45, 2.75) is 37.6 Å². The molecule has 1 aliphatic carbocycles. The summed E-state index contributed by atoms with van der Waals surface area (Å²) in [7, 11) is 3.49. The molecule has 0 heterocycles. The van der Waals surface area contributed by atoms with Gasteiger partial charge in [0, 0.05) is 6.04 Å². The highest BCUT2D eigenvalue weighted by atomic mass is 19.1. The van der Waals surface area contributed by atoms with Crippen molar-refractivity contribution < 1.29 is 9.13 Å². The van der Waals surface area contributed by atoms with Gasteiger partial charge in [-0.15, -0.1) is 0 Å². The molecule has 1 fully saturated rings. The number of rotatable bonds is 3. The molecule has 1 aliphatic rings. The van der Waals surface area contributed by atoms with Gasteiger partial charge in [-0.25, -0.2) is 4.39 Å². The largest absolute Gasteiger partial charge is 0.494 e. The predicted octanol–water partition coefficient (Wildman–Crippen LogP) is 3.08. The number of halogens is 1. The molecule has 2 rings (SSSR count). The van der Waals surface area contributed by atoms with Crippen LogP contribution in [0.15, 0.2) is 18.2 Å². The SMILES string of the molecule is CNC1CCCC(c2cccc(OC)c2F)C1. The Bertz CT molecular complexity index is 380. The maximum absolute atomic E-state index is 14.1. The Morgan fingerprint density at radius 1 is 1.35 bits per heavy atom. The van der Waals surface area contributed by atoms with Gasteiger partial charge in [0.25, 0.3) is 0 Å². The monoisotopic (exact) mass is 237 g/mol. The van der Waals surface area contributed by atoms with Gasteiger partial charge < -0.3 is 10.1 Å². The molecule has 2 unspecified atom stereocenters. The quantitative estimate of drug-likeness (QED) is 0.872. The zero-order valence-corrected chi connectivity index (χ0v) is 10.5. The lowest BCUT2D eigenvalue weighted by atomic mass is 9.81. The molecule has 3 heteroatoms. The summed E-state index contributed by atoms with van der Waals surface area (Å²) < 4.78 is 19.2. The van der Waals surface area contributed by atoms with Crippen molar-refractivity contribution in [3.63, 3.8) is 0 Å². The van der Waals surface area contributed by atoms with Crippen LogP contribution in [0.25, 0.3) is 0 Å². The third-order valence-corrected chi connectivity index (χ3v) is 3.74. The Hall–Kier alpha value is -1.09. The topological polar surface area (TPSA) is 21.3 Å². The van der Waals surface area contributed by atoms with Gasteiger partial charge in [-0.2, -0.15) is 0 Å². The molecule has 0 saturated heterocycles. The van der Waals surface area contributed by atoms with Crippen LogP contribution in [-0.2, 0) is 0 Å². The predicted molar refractivity (Wildman–Crippen MR) is 67.0 cm³/mol. The number of hydrogen-bond donors (Lipinski definition) is 1. The molecule has 17 heavy (non-hydrogen) atoms. The van der Waals surface area contributed by atoms with E-state index in [0.29, 0.717) is 17.7 Å². The van der Waals surface area contributed by atoms with E-state index in [9.17, 15) is 4.39 Å². The van der Waals surface area contributed by atoms with Crippen molar-refractivity contribution >= 4 is 0 Å². The summed E-state index contributed by atoms with van der Waals surface area (Å²) in [4.78, 5) is 0. The van der Waals surface area contributed by atoms with Gasteiger partial charge in [0.1, 0.15) is 0 Å². The summed E-state index contributed by atoms with van der Waals surface area (Å²) >= 11 is 0. The highest BCUT2D eigenvalue weighted by Crippen LogP contribution is 2.36. The van der Waals surface area contributed by atoms with Gasteiger partial charge >= 0.3 is 0 Å². The molecule has 0 aliphatic heterocycles. The maximum Gasteiger partial charge on any atom is 0.168 e. The third kappa shape index (κ3) is 2.60. The van der Waals surface area contributed by atoms with Crippen LogP contribution in [0.3, 0.4) is 0 Å². The van der Waals surface area contributed by atoms with Crippen molar-refractivity contribution in [1.82, 2.24) is 5.32 Å². The molecule has 0 bridgehead atoms. The molecule has 94 valence electrons. The molecular formula is C14H20FNO. The lowest BCUT2D eigenvalue weighted by molar-refractivity contribution is 0.341. The van der Waals surface area contributed by atoms with E-state index in [-0.39, 0.29) is 5.82 Å². The number of hydrogen-bond acceptors (Lipinski definition) is 2. The summed E-state index contributed by atoms with van der Waals surface area (Å²) in [5.74, 6) is 0.488. The van der Waals surface area contributed by atoms with Crippen LogP contribution in [0.2, 0.25) is 0 Å². The average molecular weight is 237 g/mol. The average Bonchev–Trinajstić information content (AvgIpc) is 2.39. The molecule has 0 radical (unpaired) electrons. The summed E-state index contributed by atoms with van der Waals surface area (Å²) in [5.41, 5.74) is 0.810. The fourth-order valence-electron chi connectivity index (χ4n) is 2.74. The number of benzene rings is 1. The van der Waals surface area contributed by atoms with E-state index >= 15 is 0 Å². The minimum Gasteiger partial charge on any atom is -0.494 e. The van der Waals surface area contributed by atoms with Gasteiger partial charge in [-0.05, 0) is 43.9 Å². The minimum absolute atomic E-state index is 0.184. The molecule has 2 nitrogen and oxygen atoms in total. The highest BCUT2D eigenvalue weighted by Gasteiger charge is 2.25. The molecular weight excluding hydrogens is 217 g/mol.